The van der Waals surface area contributed by atoms with E-state index in [1.54, 1.807) is 0 Å². The lowest BCUT2D eigenvalue weighted by Crippen LogP contribution is -2.46. The Morgan fingerprint density at radius 1 is 1.00 bits per heavy atom. The van der Waals surface area contributed by atoms with Gasteiger partial charge in [-0.05, 0) is 45.1 Å². The van der Waals surface area contributed by atoms with Crippen LogP contribution < -0.4 is 5.32 Å². The van der Waals surface area contributed by atoms with E-state index >= 15 is 0 Å². The van der Waals surface area contributed by atoms with Crippen molar-refractivity contribution in [1.29, 1.82) is 0 Å². The molecule has 3 aliphatic rings. The number of hydrogen-bond donors (Lipinski definition) is 1. The Morgan fingerprint density at radius 3 is 2.33 bits per heavy atom. The van der Waals surface area contributed by atoms with Gasteiger partial charge in [0.1, 0.15) is 0 Å². The molecule has 2 heterocycles. The number of nitrogens with zero attached hydrogens (tertiary/aromatic N) is 2. The topological polar surface area (TPSA) is 35.6 Å². The molecule has 0 aromatic rings. The second-order valence-electron chi connectivity index (χ2n) is 7.10. The van der Waals surface area contributed by atoms with Gasteiger partial charge < -0.3 is 10.2 Å². The van der Waals surface area contributed by atoms with Crippen LogP contribution in [-0.4, -0.2) is 60.5 Å². The molecule has 1 unspecified atom stereocenters. The Balaban J connectivity index is 1.50. The van der Waals surface area contributed by atoms with Crippen LogP contribution in [0, 0.1) is 0 Å². The molecule has 2 saturated heterocycles. The average Bonchev–Trinajstić information content (AvgIpc) is 3.16. The molecule has 3 rings (SSSR count). The maximum absolute atomic E-state index is 12.6. The summed E-state index contributed by atoms with van der Waals surface area (Å²) in [6.45, 7) is 4.86. The zero-order chi connectivity index (χ0) is 14.5. The van der Waals surface area contributed by atoms with E-state index in [1.165, 1.54) is 57.8 Å². The van der Waals surface area contributed by atoms with E-state index in [9.17, 15) is 4.79 Å². The largest absolute Gasteiger partial charge is 0.342 e. The van der Waals surface area contributed by atoms with E-state index in [0.29, 0.717) is 24.5 Å². The number of carbonyl (C=O) groups excluding carboxylic acids is 1. The molecule has 21 heavy (non-hydrogen) atoms. The molecule has 1 amide bonds. The molecule has 4 nitrogen and oxygen atoms in total. The first-order valence-electron chi connectivity index (χ1n) is 9.08. The summed E-state index contributed by atoms with van der Waals surface area (Å²) < 4.78 is 0. The first-order chi connectivity index (χ1) is 10.3. The van der Waals surface area contributed by atoms with Crippen molar-refractivity contribution in [3.05, 3.63) is 0 Å². The number of amides is 1. The number of hydrogen-bond acceptors (Lipinski definition) is 3. The van der Waals surface area contributed by atoms with E-state index in [0.717, 1.165) is 26.2 Å². The molecule has 3 fully saturated rings. The third-order valence-electron chi connectivity index (χ3n) is 5.23. The molecule has 1 N–H and O–H groups in total. The summed E-state index contributed by atoms with van der Waals surface area (Å²) in [6.07, 6.45) is 11.5. The van der Waals surface area contributed by atoms with Gasteiger partial charge in [-0.1, -0.05) is 19.3 Å². The van der Waals surface area contributed by atoms with Gasteiger partial charge in [0.05, 0.1) is 6.54 Å². The van der Waals surface area contributed by atoms with Crippen molar-refractivity contribution < 1.29 is 4.79 Å². The van der Waals surface area contributed by atoms with Crippen LogP contribution in [0.1, 0.15) is 57.8 Å². The van der Waals surface area contributed by atoms with Crippen LogP contribution in [0.15, 0.2) is 0 Å². The van der Waals surface area contributed by atoms with Crippen molar-refractivity contribution >= 4 is 5.91 Å². The second kappa shape index (κ2) is 7.59. The summed E-state index contributed by atoms with van der Waals surface area (Å²) >= 11 is 0. The van der Waals surface area contributed by atoms with Gasteiger partial charge in [-0.2, -0.15) is 0 Å². The Kier molecular flexibility index (Phi) is 5.53. The first kappa shape index (κ1) is 15.3. The van der Waals surface area contributed by atoms with Gasteiger partial charge in [0.2, 0.25) is 5.91 Å². The summed E-state index contributed by atoms with van der Waals surface area (Å²) in [7, 11) is 0. The van der Waals surface area contributed by atoms with Crippen molar-refractivity contribution in [2.75, 3.05) is 32.7 Å². The molecule has 1 saturated carbocycles. The summed E-state index contributed by atoms with van der Waals surface area (Å²) in [4.78, 5) is 17.2. The fourth-order valence-corrected chi connectivity index (χ4v) is 3.75. The normalized spacial score (nSPS) is 27.7. The quantitative estimate of drug-likeness (QED) is 0.842. The van der Waals surface area contributed by atoms with Gasteiger partial charge in [-0.25, -0.2) is 0 Å². The Hall–Kier alpha value is -0.610. The van der Waals surface area contributed by atoms with Crippen LogP contribution >= 0.6 is 0 Å². The van der Waals surface area contributed by atoms with Gasteiger partial charge in [-0.15, -0.1) is 0 Å². The van der Waals surface area contributed by atoms with Gasteiger partial charge in [0, 0.05) is 31.7 Å². The fraction of sp³-hybridized carbons (Fsp3) is 0.941. The number of nitrogens with one attached hydrogen (secondary N) is 1. The minimum atomic E-state index is 0.377. The number of carbonyl (C=O) groups is 1. The lowest BCUT2D eigenvalue weighted by molar-refractivity contribution is -0.133. The SMILES string of the molecule is O=C(CN(CC1CCCN1)C1CC1)N1CCCCCCC1. The van der Waals surface area contributed by atoms with E-state index < -0.39 is 0 Å². The Morgan fingerprint density at radius 2 is 1.71 bits per heavy atom. The highest BCUT2D eigenvalue weighted by Crippen LogP contribution is 2.27. The molecule has 2 aliphatic heterocycles. The van der Waals surface area contributed by atoms with Gasteiger partial charge in [0.15, 0.2) is 0 Å². The smallest absolute Gasteiger partial charge is 0.236 e. The highest BCUT2D eigenvalue weighted by molar-refractivity contribution is 5.78. The highest BCUT2D eigenvalue weighted by atomic mass is 16.2. The molecular weight excluding hydrogens is 262 g/mol. The Bertz CT molecular complexity index is 329. The number of rotatable bonds is 5. The average molecular weight is 293 g/mol. The fourth-order valence-electron chi connectivity index (χ4n) is 3.75. The Labute approximate surface area is 129 Å². The molecule has 4 heteroatoms. The minimum absolute atomic E-state index is 0.377. The van der Waals surface area contributed by atoms with Crippen LogP contribution in [-0.2, 0) is 4.79 Å². The van der Waals surface area contributed by atoms with E-state index in [2.05, 4.69) is 15.1 Å². The number of likely N-dealkylation sites (tertiary alicyclic amines) is 1. The van der Waals surface area contributed by atoms with Crippen LogP contribution in [0.4, 0.5) is 0 Å². The summed E-state index contributed by atoms with van der Waals surface area (Å²) in [5.74, 6) is 0.377. The predicted octanol–water partition coefficient (Wildman–Crippen LogP) is 2.00. The summed E-state index contributed by atoms with van der Waals surface area (Å²) in [5, 5.41) is 3.57. The van der Waals surface area contributed by atoms with Crippen LogP contribution in [0.3, 0.4) is 0 Å². The second-order valence-corrected chi connectivity index (χ2v) is 7.10. The molecule has 0 radical (unpaired) electrons. The highest BCUT2D eigenvalue weighted by Gasteiger charge is 2.33. The van der Waals surface area contributed by atoms with Crippen LogP contribution in [0.5, 0.6) is 0 Å². The minimum Gasteiger partial charge on any atom is -0.342 e. The zero-order valence-electron chi connectivity index (χ0n) is 13.4. The summed E-state index contributed by atoms with van der Waals surface area (Å²) in [5.41, 5.74) is 0. The molecular formula is C17H31N3O. The lowest BCUT2D eigenvalue weighted by atomic mass is 10.1. The molecule has 120 valence electrons. The van der Waals surface area contributed by atoms with Crippen LogP contribution in [0.25, 0.3) is 0 Å². The van der Waals surface area contributed by atoms with Crippen molar-refractivity contribution in [1.82, 2.24) is 15.1 Å². The third kappa shape index (κ3) is 4.68. The van der Waals surface area contributed by atoms with Gasteiger partial charge in [-0.3, -0.25) is 9.69 Å². The summed E-state index contributed by atoms with van der Waals surface area (Å²) in [6, 6.07) is 1.30. The lowest BCUT2D eigenvalue weighted by Gasteiger charge is -2.30. The molecule has 0 aromatic carbocycles. The first-order valence-corrected chi connectivity index (χ1v) is 9.08. The van der Waals surface area contributed by atoms with Crippen molar-refractivity contribution in [2.45, 2.75) is 69.9 Å². The van der Waals surface area contributed by atoms with E-state index in [1.807, 2.05) is 0 Å². The van der Waals surface area contributed by atoms with E-state index in [4.69, 9.17) is 0 Å². The maximum Gasteiger partial charge on any atom is 0.236 e. The molecule has 1 aliphatic carbocycles. The standard InChI is InChI=1S/C17H31N3O/c21-17(19-11-4-2-1-3-5-12-19)14-20(16-8-9-16)13-15-7-6-10-18-15/h15-16,18H,1-14H2. The van der Waals surface area contributed by atoms with Crippen molar-refractivity contribution in [3.8, 4) is 0 Å². The van der Waals surface area contributed by atoms with Crippen LogP contribution in [0.2, 0.25) is 0 Å². The molecule has 0 bridgehead atoms. The predicted molar refractivity (Wildman–Crippen MR) is 85.3 cm³/mol. The third-order valence-corrected chi connectivity index (χ3v) is 5.23. The maximum atomic E-state index is 12.6. The molecule has 1 atom stereocenters. The van der Waals surface area contributed by atoms with Gasteiger partial charge >= 0.3 is 0 Å². The zero-order valence-corrected chi connectivity index (χ0v) is 13.4. The molecule has 0 spiro atoms. The molecule has 0 aromatic heterocycles. The monoisotopic (exact) mass is 293 g/mol. The van der Waals surface area contributed by atoms with E-state index in [-0.39, 0.29) is 0 Å². The van der Waals surface area contributed by atoms with Crippen molar-refractivity contribution in [2.24, 2.45) is 0 Å². The van der Waals surface area contributed by atoms with Crippen molar-refractivity contribution in [3.63, 3.8) is 0 Å². The van der Waals surface area contributed by atoms with Gasteiger partial charge in [0.25, 0.3) is 0 Å².